The molecule has 0 bridgehead atoms. The molecule has 0 unspecified atom stereocenters. The lowest BCUT2D eigenvalue weighted by molar-refractivity contribution is -0.274. The zero-order chi connectivity index (χ0) is 26.2. The zero-order valence-corrected chi connectivity index (χ0v) is 18.0. The molecule has 2 aromatic heterocycles. The van der Waals surface area contributed by atoms with Gasteiger partial charge in [-0.3, -0.25) is 0 Å². The van der Waals surface area contributed by atoms with E-state index in [2.05, 4.69) is 21.3 Å². The third kappa shape index (κ3) is 6.74. The second-order valence-corrected chi connectivity index (χ2v) is 7.94. The summed E-state index contributed by atoms with van der Waals surface area (Å²) in [6.07, 6.45) is -11.8. The molecule has 7 nitrogen and oxygen atoms in total. The second kappa shape index (κ2) is 9.51. The first-order valence-electron chi connectivity index (χ1n) is 10.2. The Bertz CT molecular complexity index is 1060. The van der Waals surface area contributed by atoms with Gasteiger partial charge in [0.15, 0.2) is 11.6 Å². The van der Waals surface area contributed by atoms with Crippen LogP contribution in [-0.2, 0) is 6.54 Å². The van der Waals surface area contributed by atoms with E-state index in [9.17, 15) is 40.2 Å². The summed E-state index contributed by atoms with van der Waals surface area (Å²) in [6.45, 7) is 3.68. The number of aliphatic hydroxyl groups is 1. The van der Waals surface area contributed by atoms with Crippen LogP contribution >= 0.6 is 0 Å². The summed E-state index contributed by atoms with van der Waals surface area (Å²) in [5, 5.41) is 9.79. The first-order valence-corrected chi connectivity index (χ1v) is 10.2. The summed E-state index contributed by atoms with van der Waals surface area (Å²) >= 11 is 0. The number of allylic oxidation sites excluding steroid dienone is 1. The largest absolute Gasteiger partial charge is 0.573 e. The van der Waals surface area contributed by atoms with Gasteiger partial charge in [0.2, 0.25) is 6.10 Å². The molecule has 0 radical (unpaired) electrons. The van der Waals surface area contributed by atoms with Crippen molar-refractivity contribution in [1.82, 2.24) is 19.4 Å². The minimum atomic E-state index is -5.09. The van der Waals surface area contributed by atoms with Crippen molar-refractivity contribution in [2.45, 2.75) is 50.4 Å². The molecule has 0 saturated carbocycles. The molecule has 3 N–H and O–H groups in total. The van der Waals surface area contributed by atoms with E-state index in [1.54, 1.807) is 4.90 Å². The summed E-state index contributed by atoms with van der Waals surface area (Å²) in [4.78, 5) is 8.91. The van der Waals surface area contributed by atoms with Crippen molar-refractivity contribution in [3.63, 3.8) is 0 Å². The monoisotopic (exact) mass is 515 g/mol. The van der Waals surface area contributed by atoms with Crippen LogP contribution in [0.2, 0.25) is 0 Å². The van der Waals surface area contributed by atoms with E-state index in [-0.39, 0.29) is 50.2 Å². The SMILES string of the molecule is C=C(CCn1cc(-c2cnc(N)c(OC(F)(F)F)c2)nc1[C@H](O)C(F)(F)F)N1CCC(F)(F)CC1. The molecule has 194 valence electrons. The van der Waals surface area contributed by atoms with Crippen LogP contribution in [-0.4, -0.2) is 56.1 Å². The Labute approximate surface area is 193 Å². The molecule has 1 aliphatic rings. The zero-order valence-electron chi connectivity index (χ0n) is 18.0. The molecule has 1 fully saturated rings. The maximum absolute atomic E-state index is 13.4. The van der Waals surface area contributed by atoms with Gasteiger partial charge in [-0.2, -0.15) is 13.2 Å². The molecule has 35 heavy (non-hydrogen) atoms. The molecule has 2 aromatic rings. The van der Waals surface area contributed by atoms with E-state index < -0.39 is 42.0 Å². The molecule has 1 saturated heterocycles. The molecule has 1 atom stereocenters. The van der Waals surface area contributed by atoms with E-state index in [1.165, 1.54) is 0 Å². The number of piperidine rings is 1. The molecule has 0 aromatic carbocycles. The van der Waals surface area contributed by atoms with Crippen LogP contribution in [0, 0.1) is 0 Å². The second-order valence-electron chi connectivity index (χ2n) is 7.94. The molecule has 0 amide bonds. The Kier molecular flexibility index (Phi) is 7.20. The van der Waals surface area contributed by atoms with Crippen LogP contribution in [0.25, 0.3) is 11.3 Å². The Morgan fingerprint density at radius 3 is 2.40 bits per heavy atom. The molecular formula is C20H21F8N5O2. The van der Waals surface area contributed by atoms with Gasteiger partial charge in [0.25, 0.3) is 5.92 Å². The minimum Gasteiger partial charge on any atom is -0.402 e. The molecule has 15 heteroatoms. The Morgan fingerprint density at radius 2 is 1.83 bits per heavy atom. The number of nitrogens with two attached hydrogens (primary N) is 1. The predicted octanol–water partition coefficient (Wildman–Crippen LogP) is 4.66. The van der Waals surface area contributed by atoms with Gasteiger partial charge in [-0.15, -0.1) is 13.2 Å². The topological polar surface area (TPSA) is 89.4 Å². The predicted molar refractivity (Wildman–Crippen MR) is 107 cm³/mol. The number of halogens is 8. The minimum absolute atomic E-state index is 0.0259. The van der Waals surface area contributed by atoms with Gasteiger partial charge in [-0.1, -0.05) is 6.58 Å². The van der Waals surface area contributed by atoms with E-state index >= 15 is 0 Å². The van der Waals surface area contributed by atoms with Crippen LogP contribution in [0.3, 0.4) is 0 Å². The van der Waals surface area contributed by atoms with Crippen LogP contribution in [0.15, 0.2) is 30.7 Å². The molecule has 0 spiro atoms. The summed E-state index contributed by atoms with van der Waals surface area (Å²) in [7, 11) is 0. The van der Waals surface area contributed by atoms with Crippen molar-refractivity contribution in [3.05, 3.63) is 36.6 Å². The third-order valence-corrected chi connectivity index (χ3v) is 5.35. The lowest BCUT2D eigenvalue weighted by atomic mass is 10.1. The number of anilines is 1. The highest BCUT2D eigenvalue weighted by Crippen LogP contribution is 2.36. The number of nitrogens with zero attached hydrogens (tertiary/aromatic N) is 4. The van der Waals surface area contributed by atoms with Gasteiger partial charge in [0.1, 0.15) is 5.82 Å². The number of likely N-dealkylation sites (tertiary alicyclic amines) is 1. The number of imidazole rings is 1. The van der Waals surface area contributed by atoms with Crippen molar-refractivity contribution in [2.24, 2.45) is 0 Å². The average molecular weight is 515 g/mol. The molecule has 3 heterocycles. The first kappa shape index (κ1) is 26.5. The van der Waals surface area contributed by atoms with Gasteiger partial charge in [0, 0.05) is 62.6 Å². The number of nitrogen functional groups attached to an aromatic ring is 1. The van der Waals surface area contributed by atoms with E-state index in [4.69, 9.17) is 5.73 Å². The normalized spacial score (nSPS) is 17.3. The number of alkyl halides is 8. The smallest absolute Gasteiger partial charge is 0.402 e. The summed E-state index contributed by atoms with van der Waals surface area (Å²) < 4.78 is 109. The molecule has 0 aliphatic carbocycles. The van der Waals surface area contributed by atoms with Crippen molar-refractivity contribution < 1.29 is 45.0 Å². The van der Waals surface area contributed by atoms with Crippen LogP contribution in [0.1, 0.15) is 31.2 Å². The average Bonchev–Trinajstić information content (AvgIpc) is 3.15. The number of aryl methyl sites for hydroxylation is 1. The lowest BCUT2D eigenvalue weighted by Crippen LogP contribution is -2.38. The van der Waals surface area contributed by atoms with Gasteiger partial charge in [-0.05, 0) is 6.07 Å². The van der Waals surface area contributed by atoms with Gasteiger partial charge in [-0.25, -0.2) is 18.7 Å². The first-order chi connectivity index (χ1) is 16.1. The summed E-state index contributed by atoms with van der Waals surface area (Å²) in [5.41, 5.74) is 5.39. The van der Waals surface area contributed by atoms with Crippen LogP contribution in [0.5, 0.6) is 5.75 Å². The maximum Gasteiger partial charge on any atom is 0.573 e. The molecule has 3 rings (SSSR count). The Morgan fingerprint density at radius 1 is 1.20 bits per heavy atom. The fraction of sp³-hybridized carbons (Fsp3) is 0.500. The Hall–Kier alpha value is -3.10. The molecular weight excluding hydrogens is 494 g/mol. The number of hydrogen-bond donors (Lipinski definition) is 2. The fourth-order valence-electron chi connectivity index (χ4n) is 3.47. The highest BCUT2D eigenvalue weighted by Gasteiger charge is 2.43. The maximum atomic E-state index is 13.4. The van der Waals surface area contributed by atoms with Crippen LogP contribution in [0.4, 0.5) is 40.9 Å². The lowest BCUT2D eigenvalue weighted by Gasteiger charge is -2.34. The Balaban J connectivity index is 1.86. The van der Waals surface area contributed by atoms with Gasteiger partial charge >= 0.3 is 12.5 Å². The fourth-order valence-corrected chi connectivity index (χ4v) is 3.47. The number of pyridine rings is 1. The van der Waals surface area contributed by atoms with Crippen molar-refractivity contribution >= 4 is 5.82 Å². The van der Waals surface area contributed by atoms with Crippen LogP contribution < -0.4 is 10.5 Å². The standard InChI is InChI=1S/C20H21F8N5O2/c1-11(32-6-3-18(21,22)4-7-32)2-5-33-10-13(31-17(33)15(34)19(23,24)25)12-8-14(16(29)30-9-12)35-20(26,27)28/h8-10,15,34H,1-7H2,(H2,29,30)/t15-/m0/s1. The summed E-state index contributed by atoms with van der Waals surface area (Å²) in [6, 6.07) is 0.805. The third-order valence-electron chi connectivity index (χ3n) is 5.35. The van der Waals surface area contributed by atoms with Gasteiger partial charge < -0.3 is 25.0 Å². The highest BCUT2D eigenvalue weighted by molar-refractivity contribution is 5.63. The van der Waals surface area contributed by atoms with E-state index in [0.717, 1.165) is 23.0 Å². The highest BCUT2D eigenvalue weighted by atomic mass is 19.4. The number of aliphatic hydroxyl groups excluding tert-OH is 1. The van der Waals surface area contributed by atoms with Crippen molar-refractivity contribution in [1.29, 1.82) is 0 Å². The van der Waals surface area contributed by atoms with Gasteiger partial charge in [0.05, 0.1) is 5.69 Å². The van der Waals surface area contributed by atoms with E-state index in [1.807, 2.05) is 0 Å². The van der Waals surface area contributed by atoms with Crippen molar-refractivity contribution in [3.8, 4) is 17.0 Å². The number of ether oxygens (including phenoxy) is 1. The number of hydrogen-bond acceptors (Lipinski definition) is 6. The number of rotatable bonds is 7. The summed E-state index contributed by atoms with van der Waals surface area (Å²) in [5.74, 6) is -5.09. The number of aromatic nitrogens is 3. The quantitative estimate of drug-likeness (QED) is 0.522. The van der Waals surface area contributed by atoms with Crippen molar-refractivity contribution in [2.75, 3.05) is 18.8 Å². The van der Waals surface area contributed by atoms with E-state index in [0.29, 0.717) is 5.70 Å². The molecule has 1 aliphatic heterocycles.